The van der Waals surface area contributed by atoms with E-state index in [0.717, 1.165) is 18.2 Å². The van der Waals surface area contributed by atoms with Crippen molar-refractivity contribution in [3.8, 4) is 0 Å². The van der Waals surface area contributed by atoms with E-state index in [9.17, 15) is 0 Å². The second kappa shape index (κ2) is 4.81. The summed E-state index contributed by atoms with van der Waals surface area (Å²) in [6.07, 6.45) is 9.04. The largest absolute Gasteiger partial charge is 0.445 e. The fraction of sp³-hybridized carbons (Fsp3) is 0.786. The Kier molecular flexibility index (Phi) is 3.19. The minimum atomic E-state index is 0.441. The fourth-order valence-corrected chi connectivity index (χ4v) is 3.19. The van der Waals surface area contributed by atoms with Gasteiger partial charge in [0.05, 0.1) is 11.7 Å². The number of hydrogen-bond acceptors (Lipinski definition) is 3. The number of hydrogen-bond donors (Lipinski definition) is 1. The van der Waals surface area contributed by atoms with Crippen LogP contribution < -0.4 is 5.32 Å². The van der Waals surface area contributed by atoms with Crippen LogP contribution in [0.25, 0.3) is 0 Å². The highest BCUT2D eigenvalue weighted by molar-refractivity contribution is 5.16. The highest BCUT2D eigenvalue weighted by Gasteiger charge is 2.26. The zero-order valence-corrected chi connectivity index (χ0v) is 10.7. The van der Waals surface area contributed by atoms with E-state index in [-0.39, 0.29) is 0 Å². The van der Waals surface area contributed by atoms with Gasteiger partial charge >= 0.3 is 0 Å². The summed E-state index contributed by atoms with van der Waals surface area (Å²) in [5, 5.41) is 3.51. The summed E-state index contributed by atoms with van der Waals surface area (Å²) < 4.78 is 5.92. The topological polar surface area (TPSA) is 38.1 Å². The second-order valence-electron chi connectivity index (χ2n) is 5.48. The van der Waals surface area contributed by atoms with Gasteiger partial charge in [0.25, 0.3) is 0 Å². The quantitative estimate of drug-likeness (QED) is 0.851. The molecule has 1 aliphatic carbocycles. The molecule has 1 N–H and O–H groups in total. The predicted molar refractivity (Wildman–Crippen MR) is 67.0 cm³/mol. The van der Waals surface area contributed by atoms with Crippen molar-refractivity contribution in [3.05, 3.63) is 17.3 Å². The Bertz CT molecular complexity index is 374. The maximum atomic E-state index is 5.92. The summed E-state index contributed by atoms with van der Waals surface area (Å²) in [6.45, 7) is 3.18. The third-order valence-corrected chi connectivity index (χ3v) is 4.19. The molecule has 1 aromatic rings. The second-order valence-corrected chi connectivity index (χ2v) is 5.48. The summed E-state index contributed by atoms with van der Waals surface area (Å²) in [6, 6.07) is 0.441. The van der Waals surface area contributed by atoms with Crippen LogP contribution in [-0.4, -0.2) is 11.5 Å². The van der Waals surface area contributed by atoms with Gasteiger partial charge in [-0.2, -0.15) is 0 Å². The summed E-state index contributed by atoms with van der Waals surface area (Å²) in [5.41, 5.74) is 1.17. The average Bonchev–Trinajstić information content (AvgIpc) is 2.99. The minimum Gasteiger partial charge on any atom is -0.445 e. The Morgan fingerprint density at radius 3 is 2.65 bits per heavy atom. The van der Waals surface area contributed by atoms with Crippen molar-refractivity contribution in [1.29, 1.82) is 0 Å². The smallest absolute Gasteiger partial charge is 0.197 e. The monoisotopic (exact) mass is 234 g/mol. The molecule has 3 heteroatoms. The van der Waals surface area contributed by atoms with Gasteiger partial charge in [0.1, 0.15) is 5.76 Å². The van der Waals surface area contributed by atoms with Gasteiger partial charge in [-0.05, 0) is 39.2 Å². The van der Waals surface area contributed by atoms with Gasteiger partial charge in [-0.25, -0.2) is 4.98 Å². The molecule has 0 spiro atoms. The van der Waals surface area contributed by atoms with E-state index in [1.165, 1.54) is 50.6 Å². The Morgan fingerprint density at radius 1 is 1.12 bits per heavy atom. The van der Waals surface area contributed by atoms with E-state index in [2.05, 4.69) is 12.2 Å². The lowest BCUT2D eigenvalue weighted by atomic mass is 9.89. The molecule has 0 bridgehead atoms. The van der Waals surface area contributed by atoms with E-state index >= 15 is 0 Å². The molecule has 1 saturated heterocycles. The Morgan fingerprint density at radius 2 is 1.94 bits per heavy atom. The molecule has 1 unspecified atom stereocenters. The molecule has 3 nitrogen and oxygen atoms in total. The first kappa shape index (κ1) is 11.3. The van der Waals surface area contributed by atoms with E-state index in [1.54, 1.807) is 0 Å². The van der Waals surface area contributed by atoms with Crippen LogP contribution in [0.15, 0.2) is 4.42 Å². The maximum absolute atomic E-state index is 5.92. The first-order chi connectivity index (χ1) is 8.34. The predicted octanol–water partition coefficient (Wildman–Crippen LogP) is 3.46. The number of aromatic nitrogens is 1. The molecule has 1 saturated carbocycles. The molecular formula is C14H22N2O. The number of nitrogens with zero attached hydrogens (tertiary/aromatic N) is 1. The molecule has 17 heavy (non-hydrogen) atoms. The summed E-state index contributed by atoms with van der Waals surface area (Å²) >= 11 is 0. The van der Waals surface area contributed by atoms with Crippen molar-refractivity contribution in [2.75, 3.05) is 6.54 Å². The lowest BCUT2D eigenvalue weighted by molar-refractivity contribution is 0.356. The van der Waals surface area contributed by atoms with Gasteiger partial charge in [-0.3, -0.25) is 0 Å². The molecule has 1 atom stereocenters. The van der Waals surface area contributed by atoms with E-state index in [1.807, 2.05) is 0 Å². The first-order valence-electron chi connectivity index (χ1n) is 7.05. The van der Waals surface area contributed by atoms with E-state index in [4.69, 9.17) is 9.40 Å². The van der Waals surface area contributed by atoms with Gasteiger partial charge in [-0.15, -0.1) is 0 Å². The molecule has 94 valence electrons. The number of oxazole rings is 1. The highest BCUT2D eigenvalue weighted by Crippen LogP contribution is 2.34. The zero-order chi connectivity index (χ0) is 11.7. The van der Waals surface area contributed by atoms with Crippen molar-refractivity contribution in [1.82, 2.24) is 10.3 Å². The summed E-state index contributed by atoms with van der Waals surface area (Å²) in [7, 11) is 0. The van der Waals surface area contributed by atoms with Crippen LogP contribution in [-0.2, 0) is 0 Å². The van der Waals surface area contributed by atoms with Gasteiger partial charge in [0, 0.05) is 5.92 Å². The number of aryl methyl sites for hydroxylation is 1. The van der Waals surface area contributed by atoms with Gasteiger partial charge in [0.15, 0.2) is 5.89 Å². The molecule has 2 fully saturated rings. The third kappa shape index (κ3) is 2.25. The molecular weight excluding hydrogens is 212 g/mol. The lowest BCUT2D eigenvalue weighted by Gasteiger charge is -2.18. The maximum Gasteiger partial charge on any atom is 0.197 e. The van der Waals surface area contributed by atoms with Crippen molar-refractivity contribution < 1.29 is 4.42 Å². The zero-order valence-electron chi connectivity index (χ0n) is 10.7. The van der Waals surface area contributed by atoms with E-state index in [0.29, 0.717) is 12.0 Å². The van der Waals surface area contributed by atoms with Gasteiger partial charge < -0.3 is 9.73 Å². The van der Waals surface area contributed by atoms with Crippen molar-refractivity contribution in [2.45, 2.75) is 63.8 Å². The molecule has 2 heterocycles. The van der Waals surface area contributed by atoms with Gasteiger partial charge in [0.2, 0.25) is 0 Å². The normalized spacial score (nSPS) is 26.5. The standard InChI is InChI=1S/C14H22N2O/c1-10-13(12-8-5-9-15-12)16-14(17-10)11-6-3-2-4-7-11/h11-12,15H,2-9H2,1H3. The van der Waals surface area contributed by atoms with Crippen molar-refractivity contribution in [2.24, 2.45) is 0 Å². The SMILES string of the molecule is Cc1oc(C2CCCCC2)nc1C1CCCN1. The van der Waals surface area contributed by atoms with Crippen LogP contribution in [0.5, 0.6) is 0 Å². The van der Waals surface area contributed by atoms with Crippen LogP contribution in [0.2, 0.25) is 0 Å². The number of rotatable bonds is 2. The van der Waals surface area contributed by atoms with Crippen LogP contribution in [0.3, 0.4) is 0 Å². The van der Waals surface area contributed by atoms with Gasteiger partial charge in [-0.1, -0.05) is 19.3 Å². The molecule has 1 aromatic heterocycles. The average molecular weight is 234 g/mol. The fourth-order valence-electron chi connectivity index (χ4n) is 3.19. The molecule has 2 aliphatic rings. The van der Waals surface area contributed by atoms with Crippen LogP contribution in [0, 0.1) is 6.92 Å². The summed E-state index contributed by atoms with van der Waals surface area (Å²) in [5.74, 6) is 2.62. The molecule has 3 rings (SSSR count). The minimum absolute atomic E-state index is 0.441. The van der Waals surface area contributed by atoms with Crippen LogP contribution in [0.4, 0.5) is 0 Å². The Hall–Kier alpha value is -0.830. The molecule has 0 aromatic carbocycles. The molecule has 0 radical (unpaired) electrons. The van der Waals surface area contributed by atoms with Crippen molar-refractivity contribution in [3.63, 3.8) is 0 Å². The Labute approximate surface area is 103 Å². The van der Waals surface area contributed by atoms with Crippen molar-refractivity contribution >= 4 is 0 Å². The van der Waals surface area contributed by atoms with Crippen LogP contribution in [0.1, 0.15) is 74.3 Å². The van der Waals surface area contributed by atoms with Crippen LogP contribution >= 0.6 is 0 Å². The highest BCUT2D eigenvalue weighted by atomic mass is 16.4. The summed E-state index contributed by atoms with van der Waals surface area (Å²) in [4.78, 5) is 4.79. The molecule has 0 amide bonds. The third-order valence-electron chi connectivity index (χ3n) is 4.19. The number of nitrogens with one attached hydrogen (secondary N) is 1. The molecule has 1 aliphatic heterocycles. The first-order valence-corrected chi connectivity index (χ1v) is 7.05. The lowest BCUT2D eigenvalue weighted by Crippen LogP contribution is -2.14. The van der Waals surface area contributed by atoms with E-state index < -0.39 is 0 Å². The Balaban J connectivity index is 1.79.